The van der Waals surface area contributed by atoms with E-state index in [1.807, 2.05) is 44.4 Å². The Balaban J connectivity index is 0.000000574. The number of nitrogens with one attached hydrogen (secondary N) is 2. The third-order valence-corrected chi connectivity index (χ3v) is 16.7. The number of hydrogen-bond donors (Lipinski definition) is 4. The van der Waals surface area contributed by atoms with Gasteiger partial charge in [-0.25, -0.2) is 5.84 Å². The molecule has 0 amide bonds. The number of rotatable bonds is 25. The standard InChI is InChI=1S/C60H75N5.C17H22.C2H6/c1-15-19-20-52-27-24-48(36-50(52)17-3)23-22-40(7)57-45(12)60(64-47(57)14)58(59-44(11)55(18-4)46(13)63-59)56-42(9)33-49(34-43(56)10)25-30-54(61)37-65(62)32-31-39(6)53-29-28-51(41(8)35-53)26-21-38(5)16-2;1-13(2)5-4-6-15-8-10-16-9-7-14(3)11-17(16)12-15;1-2/h2,15,18,21,24,26-29,33-37,39,47,63-64H,1,4-5,7,17,19-20,22-23,25,30-32,61-62H2,3,6,8-14H3;7-10,12-13H,3-6,11H2,1-2H3;1-2H3/b26-21-,54-37-,60-58-;;. The molecule has 2 atom stereocenters. The molecule has 0 saturated carbocycles. The number of aryl methyl sites for hydroxylation is 9. The Hall–Kier alpha value is -7.52. The number of fused-ring (bicyclic) bond motifs is 1. The third-order valence-electron chi connectivity index (χ3n) is 16.7. The molecule has 84 heavy (non-hydrogen) atoms. The van der Waals surface area contributed by atoms with Gasteiger partial charge in [-0.3, -0.25) is 0 Å². The third kappa shape index (κ3) is 18.2. The van der Waals surface area contributed by atoms with Crippen LogP contribution >= 0.6 is 0 Å². The zero-order valence-corrected chi connectivity index (χ0v) is 54.0. The fraction of sp³-hybridized carbons (Fsp3) is 0.367. The van der Waals surface area contributed by atoms with E-state index in [-0.39, 0.29) is 6.04 Å². The van der Waals surface area contributed by atoms with Crippen LogP contribution in [0.3, 0.4) is 0 Å². The second-order valence-electron chi connectivity index (χ2n) is 23.8. The summed E-state index contributed by atoms with van der Waals surface area (Å²) in [6, 6.07) is 25.3. The zero-order chi connectivity index (χ0) is 61.8. The molecule has 5 heteroatoms. The van der Waals surface area contributed by atoms with Crippen LogP contribution in [0.5, 0.6) is 0 Å². The molecule has 5 nitrogen and oxygen atoms in total. The molecule has 0 fully saturated rings. The van der Waals surface area contributed by atoms with Crippen LogP contribution in [0.1, 0.15) is 195 Å². The number of nitrogens with zero attached hydrogens (tertiary/aromatic N) is 1. The predicted octanol–water partition coefficient (Wildman–Crippen LogP) is 19.3. The first-order valence-corrected chi connectivity index (χ1v) is 31.1. The minimum Gasteiger partial charge on any atom is -0.401 e. The summed E-state index contributed by atoms with van der Waals surface area (Å²) < 4.78 is 0. The number of nitrogens with two attached hydrogens (primary N) is 2. The first-order valence-electron chi connectivity index (χ1n) is 31.1. The van der Waals surface area contributed by atoms with Gasteiger partial charge in [-0.05, 0) is 237 Å². The monoisotopic (exact) mass is 1120 g/mol. The SMILES string of the molecule is C#CC(=C)/C=C\c1ccc(C(C)CCN(N)/C=C(\N)CCc2cc(C)c(/C(=C3/NC(C)C(C(=C)CCc4ccc(CCC=C)c(CC)c4)=C3C)c3[nH]c(C)c(C=C)c3C)c(C)c2)cc1C.C=C1C=Cc2ccc(CCCC(C)C)cc2C1.CC. The van der Waals surface area contributed by atoms with Crippen molar-refractivity contribution in [2.45, 2.75) is 179 Å². The van der Waals surface area contributed by atoms with Crippen molar-refractivity contribution in [1.82, 2.24) is 15.3 Å². The van der Waals surface area contributed by atoms with Crippen molar-refractivity contribution in [3.63, 3.8) is 0 Å². The molecule has 1 aromatic heterocycles. The summed E-state index contributed by atoms with van der Waals surface area (Å²) in [7, 11) is 0. The molecule has 0 spiro atoms. The zero-order valence-electron chi connectivity index (χ0n) is 54.0. The lowest BCUT2D eigenvalue weighted by Crippen LogP contribution is -2.28. The Morgan fingerprint density at radius 2 is 1.51 bits per heavy atom. The first kappa shape index (κ1) is 67.3. The highest BCUT2D eigenvalue weighted by Crippen LogP contribution is 2.42. The molecule has 6 N–H and O–H groups in total. The average molecular weight is 1120 g/mol. The van der Waals surface area contributed by atoms with E-state index >= 15 is 0 Å². The molecule has 1 aliphatic carbocycles. The van der Waals surface area contributed by atoms with E-state index in [2.05, 4.69) is 198 Å². The van der Waals surface area contributed by atoms with E-state index in [0.717, 1.165) is 91.2 Å². The molecule has 0 saturated heterocycles. The van der Waals surface area contributed by atoms with Crippen LogP contribution in [0.4, 0.5) is 0 Å². The lowest BCUT2D eigenvalue weighted by Gasteiger charge is -2.21. The van der Waals surface area contributed by atoms with Crippen LogP contribution in [0.25, 0.3) is 23.8 Å². The Bertz CT molecular complexity index is 3340. The Morgan fingerprint density at radius 3 is 2.15 bits per heavy atom. The number of hydrogen-bond acceptors (Lipinski definition) is 4. The van der Waals surface area contributed by atoms with Crippen molar-refractivity contribution in [3.8, 4) is 12.3 Å². The van der Waals surface area contributed by atoms with Crippen molar-refractivity contribution < 1.29 is 0 Å². The van der Waals surface area contributed by atoms with E-state index in [1.165, 1.54) is 119 Å². The predicted molar refractivity (Wildman–Crippen MR) is 370 cm³/mol. The van der Waals surface area contributed by atoms with E-state index in [0.29, 0.717) is 24.5 Å². The van der Waals surface area contributed by atoms with Gasteiger partial charge in [0.05, 0.1) is 5.69 Å². The Labute approximate surface area is 510 Å². The Kier molecular flexibility index (Phi) is 26.0. The fourth-order valence-electron chi connectivity index (χ4n) is 12.0. The molecule has 7 rings (SSSR count). The molecule has 444 valence electrons. The fourth-order valence-corrected chi connectivity index (χ4v) is 12.0. The lowest BCUT2D eigenvalue weighted by atomic mass is 9.86. The number of H-pyrrole nitrogens is 1. The van der Waals surface area contributed by atoms with Gasteiger partial charge in [0, 0.05) is 47.0 Å². The summed E-state index contributed by atoms with van der Waals surface area (Å²) in [5.74, 6) is 10.2. The lowest BCUT2D eigenvalue weighted by molar-refractivity contribution is 0.369. The van der Waals surface area contributed by atoms with Crippen molar-refractivity contribution in [1.29, 1.82) is 0 Å². The van der Waals surface area contributed by atoms with Gasteiger partial charge < -0.3 is 21.0 Å². The van der Waals surface area contributed by atoms with E-state index in [9.17, 15) is 0 Å². The van der Waals surface area contributed by atoms with Gasteiger partial charge in [-0.15, -0.1) is 13.0 Å². The summed E-state index contributed by atoms with van der Waals surface area (Å²) in [6.45, 7) is 49.9. The van der Waals surface area contributed by atoms with E-state index in [4.69, 9.17) is 24.6 Å². The van der Waals surface area contributed by atoms with Crippen LogP contribution in [-0.2, 0) is 38.5 Å². The summed E-state index contributed by atoms with van der Waals surface area (Å²) in [4.78, 5) is 3.79. The first-order chi connectivity index (χ1) is 40.2. The number of aromatic amines is 1. The maximum absolute atomic E-state index is 6.62. The van der Waals surface area contributed by atoms with Gasteiger partial charge in [0.1, 0.15) is 0 Å². The van der Waals surface area contributed by atoms with Gasteiger partial charge in [0.25, 0.3) is 0 Å². The van der Waals surface area contributed by atoms with E-state index < -0.39 is 0 Å². The second-order valence-corrected chi connectivity index (χ2v) is 23.8. The molecule has 4 aromatic carbocycles. The maximum Gasteiger partial charge on any atom is 0.0519 e. The average Bonchev–Trinajstić information content (AvgIpc) is 1.93. The van der Waals surface area contributed by atoms with Crippen LogP contribution in [0.15, 0.2) is 163 Å². The largest absolute Gasteiger partial charge is 0.401 e. The molecule has 2 heterocycles. The molecule has 5 aromatic rings. The number of allylic oxidation sites excluding steroid dienone is 7. The summed E-state index contributed by atoms with van der Waals surface area (Å²) in [6.07, 6.45) is 31.7. The number of benzene rings is 4. The smallest absolute Gasteiger partial charge is 0.0519 e. The number of terminal acetylenes is 1. The molecule has 2 unspecified atom stereocenters. The van der Waals surface area contributed by atoms with Crippen molar-refractivity contribution in [2.24, 2.45) is 17.5 Å². The van der Waals surface area contributed by atoms with Crippen LogP contribution < -0.4 is 16.9 Å². The minimum absolute atomic E-state index is 0.125. The minimum atomic E-state index is 0.125. The molecular formula is C79H103N5. The maximum atomic E-state index is 6.62. The van der Waals surface area contributed by atoms with Crippen molar-refractivity contribution in [3.05, 3.63) is 258 Å². The number of aromatic nitrogens is 1. The summed E-state index contributed by atoms with van der Waals surface area (Å²) in [5.41, 5.74) is 37.0. The number of hydrazine groups is 1. The second kappa shape index (κ2) is 32.5. The highest BCUT2D eigenvalue weighted by Gasteiger charge is 2.31. The summed E-state index contributed by atoms with van der Waals surface area (Å²) in [5, 5.41) is 5.69. The highest BCUT2D eigenvalue weighted by atomic mass is 15.4. The molecule has 0 radical (unpaired) electrons. The van der Waals surface area contributed by atoms with Gasteiger partial charge in [0.15, 0.2) is 0 Å². The van der Waals surface area contributed by atoms with Crippen molar-refractivity contribution >= 4 is 23.8 Å². The van der Waals surface area contributed by atoms with Gasteiger partial charge >= 0.3 is 0 Å². The van der Waals surface area contributed by atoms with E-state index in [1.54, 1.807) is 5.01 Å². The van der Waals surface area contributed by atoms with Crippen LogP contribution in [0.2, 0.25) is 0 Å². The van der Waals surface area contributed by atoms with Gasteiger partial charge in [-0.2, -0.15) is 0 Å². The highest BCUT2D eigenvalue weighted by molar-refractivity contribution is 5.89. The quantitative estimate of drug-likeness (QED) is 0.0154. The topological polar surface area (TPSA) is 83.1 Å². The molecule has 0 bridgehead atoms. The van der Waals surface area contributed by atoms with Crippen LogP contribution in [0, 0.1) is 52.9 Å². The Morgan fingerprint density at radius 1 is 0.821 bits per heavy atom. The normalized spacial score (nSPS) is 14.7. The van der Waals surface area contributed by atoms with Gasteiger partial charge in [0.2, 0.25) is 0 Å². The summed E-state index contributed by atoms with van der Waals surface area (Å²) >= 11 is 0. The molecule has 2 aliphatic rings. The van der Waals surface area contributed by atoms with Crippen molar-refractivity contribution in [2.75, 3.05) is 6.54 Å². The van der Waals surface area contributed by atoms with Gasteiger partial charge in [-0.1, -0.05) is 183 Å². The van der Waals surface area contributed by atoms with Crippen LogP contribution in [-0.4, -0.2) is 22.6 Å². The molecular weight excluding hydrogens is 1020 g/mol. The molecule has 1 aliphatic heterocycles.